The van der Waals surface area contributed by atoms with Gasteiger partial charge >= 0.3 is 0 Å². The van der Waals surface area contributed by atoms with E-state index in [4.69, 9.17) is 5.73 Å². The van der Waals surface area contributed by atoms with Crippen LogP contribution in [0.5, 0.6) is 0 Å². The molecule has 0 aliphatic rings. The van der Waals surface area contributed by atoms with E-state index in [-0.39, 0.29) is 16.6 Å². The Kier molecular flexibility index (Phi) is 5.50. The molecular weight excluding hydrogens is 281 g/mol. The Morgan fingerprint density at radius 2 is 1.95 bits per heavy atom. The van der Waals surface area contributed by atoms with Gasteiger partial charge in [-0.25, -0.2) is 12.8 Å². The highest BCUT2D eigenvalue weighted by Crippen LogP contribution is 2.25. The molecule has 0 saturated carbocycles. The van der Waals surface area contributed by atoms with E-state index < -0.39 is 15.8 Å². The van der Waals surface area contributed by atoms with Gasteiger partial charge in [0.2, 0.25) is 10.0 Å². The summed E-state index contributed by atoms with van der Waals surface area (Å²) in [5.74, 6) is -0.720. The van der Waals surface area contributed by atoms with Crippen LogP contribution in [0.4, 0.5) is 10.1 Å². The van der Waals surface area contributed by atoms with Crippen molar-refractivity contribution in [3.8, 4) is 0 Å². The molecule has 0 saturated heterocycles. The first-order valence-electron chi connectivity index (χ1n) is 6.42. The third kappa shape index (κ3) is 3.47. The van der Waals surface area contributed by atoms with Crippen LogP contribution in [0.1, 0.15) is 13.8 Å². The summed E-state index contributed by atoms with van der Waals surface area (Å²) in [6, 6.07) is 3.60. The standard InChI is InChI=1S/C13H22FN3O2S/c1-5-17(10(2)9-16(3)4)20(18,19)12-8-6-7-11(14)13(12)15/h6-8,10H,5,9,15H2,1-4H3. The molecule has 0 aliphatic carbocycles. The van der Waals surface area contributed by atoms with Crippen molar-refractivity contribution in [1.29, 1.82) is 0 Å². The van der Waals surface area contributed by atoms with Gasteiger partial charge in [-0.1, -0.05) is 13.0 Å². The summed E-state index contributed by atoms with van der Waals surface area (Å²) in [6.07, 6.45) is 0. The Bertz CT molecular complexity index is 561. The summed E-state index contributed by atoms with van der Waals surface area (Å²) in [4.78, 5) is 1.72. The van der Waals surface area contributed by atoms with Crippen molar-refractivity contribution in [3.05, 3.63) is 24.0 Å². The lowest BCUT2D eigenvalue weighted by molar-refractivity contribution is 0.271. The molecule has 0 fully saturated rings. The summed E-state index contributed by atoms with van der Waals surface area (Å²) in [5, 5.41) is 0. The van der Waals surface area contributed by atoms with E-state index in [1.807, 2.05) is 25.9 Å². The largest absolute Gasteiger partial charge is 0.395 e. The van der Waals surface area contributed by atoms with Crippen molar-refractivity contribution in [2.24, 2.45) is 0 Å². The number of nitrogens with zero attached hydrogens (tertiary/aromatic N) is 2. The number of hydrogen-bond donors (Lipinski definition) is 1. The zero-order valence-corrected chi connectivity index (χ0v) is 13.1. The molecule has 0 amide bonds. The van der Waals surface area contributed by atoms with Crippen molar-refractivity contribution in [2.45, 2.75) is 24.8 Å². The number of halogens is 1. The zero-order chi connectivity index (χ0) is 15.5. The van der Waals surface area contributed by atoms with Crippen molar-refractivity contribution in [2.75, 3.05) is 32.9 Å². The van der Waals surface area contributed by atoms with Gasteiger partial charge in [0.1, 0.15) is 10.7 Å². The Morgan fingerprint density at radius 1 is 1.35 bits per heavy atom. The molecule has 0 heterocycles. The van der Waals surface area contributed by atoms with Crippen LogP contribution < -0.4 is 5.73 Å². The molecule has 1 rings (SSSR count). The van der Waals surface area contributed by atoms with Crippen LogP contribution in [0.15, 0.2) is 23.1 Å². The van der Waals surface area contributed by atoms with E-state index in [1.54, 1.807) is 6.92 Å². The smallest absolute Gasteiger partial charge is 0.245 e. The van der Waals surface area contributed by atoms with Crippen molar-refractivity contribution in [1.82, 2.24) is 9.21 Å². The second-order valence-corrected chi connectivity index (χ2v) is 6.83. The average Bonchev–Trinajstić information content (AvgIpc) is 2.31. The molecule has 2 N–H and O–H groups in total. The maximum absolute atomic E-state index is 13.5. The number of anilines is 1. The van der Waals surface area contributed by atoms with Crippen LogP contribution in [0.2, 0.25) is 0 Å². The van der Waals surface area contributed by atoms with E-state index in [9.17, 15) is 12.8 Å². The second kappa shape index (κ2) is 6.51. The Labute approximate surface area is 120 Å². The van der Waals surface area contributed by atoms with Gasteiger partial charge < -0.3 is 10.6 Å². The molecule has 1 unspecified atom stereocenters. The lowest BCUT2D eigenvalue weighted by Crippen LogP contribution is -2.43. The molecule has 0 aromatic heterocycles. The normalized spacial score (nSPS) is 13.9. The third-order valence-electron chi connectivity index (χ3n) is 3.03. The predicted molar refractivity (Wildman–Crippen MR) is 78.4 cm³/mol. The average molecular weight is 303 g/mol. The number of para-hydroxylation sites is 1. The molecule has 20 heavy (non-hydrogen) atoms. The first-order chi connectivity index (χ1) is 9.21. The van der Waals surface area contributed by atoms with Crippen LogP contribution in [-0.2, 0) is 10.0 Å². The second-order valence-electron chi connectivity index (χ2n) is 4.97. The molecule has 114 valence electrons. The van der Waals surface area contributed by atoms with Crippen LogP contribution in [0.25, 0.3) is 0 Å². The van der Waals surface area contributed by atoms with Gasteiger partial charge in [-0.05, 0) is 33.2 Å². The summed E-state index contributed by atoms with van der Waals surface area (Å²) in [7, 11) is -0.0704. The molecular formula is C13H22FN3O2S. The maximum Gasteiger partial charge on any atom is 0.245 e. The van der Waals surface area contributed by atoms with Crippen molar-refractivity contribution < 1.29 is 12.8 Å². The predicted octanol–water partition coefficient (Wildman–Crippen LogP) is 1.37. The third-order valence-corrected chi connectivity index (χ3v) is 5.18. The van der Waals surface area contributed by atoms with Gasteiger partial charge in [-0.15, -0.1) is 0 Å². The van der Waals surface area contributed by atoms with E-state index in [2.05, 4.69) is 0 Å². The topological polar surface area (TPSA) is 66.6 Å². The highest BCUT2D eigenvalue weighted by molar-refractivity contribution is 7.89. The first-order valence-corrected chi connectivity index (χ1v) is 7.86. The monoisotopic (exact) mass is 303 g/mol. The van der Waals surface area contributed by atoms with Crippen LogP contribution in [0, 0.1) is 5.82 Å². The fourth-order valence-electron chi connectivity index (χ4n) is 2.21. The number of benzene rings is 1. The number of likely N-dealkylation sites (N-methyl/N-ethyl adjacent to an activating group) is 2. The summed E-state index contributed by atoms with van der Waals surface area (Å²) < 4.78 is 40.0. The molecule has 0 bridgehead atoms. The lowest BCUT2D eigenvalue weighted by Gasteiger charge is -2.29. The fraction of sp³-hybridized carbons (Fsp3) is 0.538. The molecule has 1 aromatic rings. The molecule has 0 radical (unpaired) electrons. The first kappa shape index (κ1) is 16.9. The van der Waals surface area contributed by atoms with E-state index in [0.717, 1.165) is 6.07 Å². The minimum absolute atomic E-state index is 0.176. The number of rotatable bonds is 6. The van der Waals surface area contributed by atoms with Crippen LogP contribution >= 0.6 is 0 Å². The highest BCUT2D eigenvalue weighted by Gasteiger charge is 2.30. The van der Waals surface area contributed by atoms with E-state index >= 15 is 0 Å². The lowest BCUT2D eigenvalue weighted by atomic mass is 10.3. The van der Waals surface area contributed by atoms with Gasteiger partial charge in [0.15, 0.2) is 0 Å². The zero-order valence-electron chi connectivity index (χ0n) is 12.3. The van der Waals surface area contributed by atoms with Gasteiger partial charge in [0.05, 0.1) is 5.69 Å². The summed E-state index contributed by atoms with van der Waals surface area (Å²) in [5.41, 5.74) is 5.24. The van der Waals surface area contributed by atoms with Crippen molar-refractivity contribution in [3.63, 3.8) is 0 Å². The Balaban J connectivity index is 3.22. The molecule has 5 nitrogen and oxygen atoms in total. The molecule has 0 aliphatic heterocycles. The highest BCUT2D eigenvalue weighted by atomic mass is 32.2. The quantitative estimate of drug-likeness (QED) is 0.806. The fourth-order valence-corrected chi connectivity index (χ4v) is 3.97. The number of nitrogen functional groups attached to an aromatic ring is 1. The molecule has 1 aromatic carbocycles. The summed E-state index contributed by atoms with van der Waals surface area (Å²) in [6.45, 7) is 4.44. The van der Waals surface area contributed by atoms with Gasteiger partial charge in [-0.3, -0.25) is 0 Å². The van der Waals surface area contributed by atoms with Crippen LogP contribution in [-0.4, -0.2) is 50.8 Å². The van der Waals surface area contributed by atoms with E-state index in [0.29, 0.717) is 13.1 Å². The number of sulfonamides is 1. The Morgan fingerprint density at radius 3 is 2.45 bits per heavy atom. The van der Waals surface area contributed by atoms with Gasteiger partial charge in [-0.2, -0.15) is 4.31 Å². The van der Waals surface area contributed by atoms with E-state index in [1.165, 1.54) is 16.4 Å². The molecule has 7 heteroatoms. The maximum atomic E-state index is 13.5. The van der Waals surface area contributed by atoms with Gasteiger partial charge in [0, 0.05) is 19.1 Å². The SMILES string of the molecule is CCN(C(C)CN(C)C)S(=O)(=O)c1cccc(F)c1N. The molecule has 1 atom stereocenters. The Hall–Kier alpha value is -1.18. The van der Waals surface area contributed by atoms with Gasteiger partial charge in [0.25, 0.3) is 0 Å². The van der Waals surface area contributed by atoms with Crippen molar-refractivity contribution >= 4 is 15.7 Å². The minimum atomic E-state index is -3.81. The van der Waals surface area contributed by atoms with Crippen LogP contribution in [0.3, 0.4) is 0 Å². The number of nitrogens with two attached hydrogens (primary N) is 1. The molecule has 0 spiro atoms. The minimum Gasteiger partial charge on any atom is -0.395 e. The number of hydrogen-bond acceptors (Lipinski definition) is 4. The summed E-state index contributed by atoms with van der Waals surface area (Å²) >= 11 is 0.